The van der Waals surface area contributed by atoms with Crippen molar-refractivity contribution in [3.05, 3.63) is 48.6 Å². The van der Waals surface area contributed by atoms with E-state index in [-0.39, 0.29) is 35.4 Å². The SMILES string of the molecule is C=C[C@H]1CC(=O)O[C@H]2[C@@H]1[C@H](OCc1ccccc1)C2(C)C. The zero-order valence-corrected chi connectivity index (χ0v) is 12.6. The van der Waals surface area contributed by atoms with Crippen molar-refractivity contribution in [3.63, 3.8) is 0 Å². The quantitative estimate of drug-likeness (QED) is 0.629. The number of hydrogen-bond donors (Lipinski definition) is 0. The summed E-state index contributed by atoms with van der Waals surface area (Å²) in [5.74, 6) is 0.277. The number of benzene rings is 1. The molecule has 21 heavy (non-hydrogen) atoms. The second-order valence-corrected chi connectivity index (χ2v) is 6.63. The maximum atomic E-state index is 11.7. The molecular weight excluding hydrogens is 264 g/mol. The molecule has 1 aromatic carbocycles. The van der Waals surface area contributed by atoms with Crippen LogP contribution in [0.1, 0.15) is 25.8 Å². The van der Waals surface area contributed by atoms with Gasteiger partial charge in [0.05, 0.1) is 19.1 Å². The van der Waals surface area contributed by atoms with Crippen LogP contribution < -0.4 is 0 Å². The first kappa shape index (κ1) is 14.3. The molecule has 3 heteroatoms. The lowest BCUT2D eigenvalue weighted by molar-refractivity contribution is -0.264. The van der Waals surface area contributed by atoms with Crippen molar-refractivity contribution in [2.45, 2.75) is 39.1 Å². The van der Waals surface area contributed by atoms with Gasteiger partial charge in [0.1, 0.15) is 6.10 Å². The Bertz CT molecular complexity index is 535. The largest absolute Gasteiger partial charge is 0.461 e. The summed E-state index contributed by atoms with van der Waals surface area (Å²) in [6, 6.07) is 10.2. The van der Waals surface area contributed by atoms with E-state index in [2.05, 4.69) is 32.6 Å². The van der Waals surface area contributed by atoms with Crippen molar-refractivity contribution in [1.82, 2.24) is 0 Å². The third-order valence-electron chi connectivity index (χ3n) is 4.90. The molecule has 2 aliphatic rings. The first-order chi connectivity index (χ1) is 10.0. The third-order valence-corrected chi connectivity index (χ3v) is 4.90. The number of hydrogen-bond acceptors (Lipinski definition) is 3. The molecule has 0 N–H and O–H groups in total. The van der Waals surface area contributed by atoms with E-state index < -0.39 is 0 Å². The molecule has 3 nitrogen and oxygen atoms in total. The monoisotopic (exact) mass is 286 g/mol. The van der Waals surface area contributed by atoms with E-state index in [1.165, 1.54) is 5.56 Å². The average molecular weight is 286 g/mol. The Morgan fingerprint density at radius 3 is 2.76 bits per heavy atom. The van der Waals surface area contributed by atoms with Gasteiger partial charge >= 0.3 is 5.97 Å². The molecule has 4 atom stereocenters. The molecule has 0 aromatic heterocycles. The van der Waals surface area contributed by atoms with E-state index in [4.69, 9.17) is 9.47 Å². The van der Waals surface area contributed by atoms with Crippen LogP contribution in [0.25, 0.3) is 0 Å². The van der Waals surface area contributed by atoms with Crippen LogP contribution in [0.5, 0.6) is 0 Å². The summed E-state index contributed by atoms with van der Waals surface area (Å²) < 4.78 is 11.7. The fourth-order valence-corrected chi connectivity index (χ4v) is 3.72. The van der Waals surface area contributed by atoms with Crippen LogP contribution >= 0.6 is 0 Å². The Balaban J connectivity index is 1.72. The van der Waals surface area contributed by atoms with Crippen molar-refractivity contribution in [1.29, 1.82) is 0 Å². The van der Waals surface area contributed by atoms with E-state index in [9.17, 15) is 4.79 Å². The lowest BCUT2D eigenvalue weighted by Crippen LogP contribution is -2.68. The molecule has 1 saturated carbocycles. The predicted octanol–water partition coefficient (Wildman–Crippen LogP) is 3.35. The second-order valence-electron chi connectivity index (χ2n) is 6.63. The van der Waals surface area contributed by atoms with Crippen molar-refractivity contribution < 1.29 is 14.3 Å². The highest BCUT2D eigenvalue weighted by Gasteiger charge is 2.63. The Morgan fingerprint density at radius 1 is 1.38 bits per heavy atom. The van der Waals surface area contributed by atoms with E-state index in [0.29, 0.717) is 13.0 Å². The highest BCUT2D eigenvalue weighted by Crippen LogP contribution is 2.55. The molecule has 0 unspecified atom stereocenters. The maximum absolute atomic E-state index is 11.7. The summed E-state index contributed by atoms with van der Waals surface area (Å²) >= 11 is 0. The minimum Gasteiger partial charge on any atom is -0.461 e. The molecular formula is C18H22O3. The van der Waals surface area contributed by atoms with Gasteiger partial charge in [-0.1, -0.05) is 50.3 Å². The first-order valence-electron chi connectivity index (χ1n) is 7.51. The molecule has 1 aliphatic heterocycles. The maximum Gasteiger partial charge on any atom is 0.306 e. The molecule has 0 bridgehead atoms. The highest BCUT2D eigenvalue weighted by molar-refractivity contribution is 5.71. The van der Waals surface area contributed by atoms with Crippen molar-refractivity contribution >= 4 is 5.97 Å². The summed E-state index contributed by atoms with van der Waals surface area (Å²) in [6.07, 6.45) is 2.35. The Morgan fingerprint density at radius 2 is 2.10 bits per heavy atom. The molecule has 0 radical (unpaired) electrons. The third kappa shape index (κ3) is 2.40. The van der Waals surface area contributed by atoms with Crippen LogP contribution in [0, 0.1) is 17.3 Å². The lowest BCUT2D eigenvalue weighted by atomic mass is 9.53. The summed E-state index contributed by atoms with van der Waals surface area (Å²) in [6.45, 7) is 8.70. The van der Waals surface area contributed by atoms with Gasteiger partial charge in [0.25, 0.3) is 0 Å². The molecule has 1 heterocycles. The van der Waals surface area contributed by atoms with E-state index in [1.54, 1.807) is 0 Å². The van der Waals surface area contributed by atoms with Gasteiger partial charge in [-0.15, -0.1) is 6.58 Å². The summed E-state index contributed by atoms with van der Waals surface area (Å²) in [7, 11) is 0. The molecule has 112 valence electrons. The van der Waals surface area contributed by atoms with Gasteiger partial charge in [0.2, 0.25) is 0 Å². The topological polar surface area (TPSA) is 35.5 Å². The molecule has 0 amide bonds. The van der Waals surface area contributed by atoms with E-state index >= 15 is 0 Å². The second kappa shape index (κ2) is 5.30. The molecule has 1 aromatic rings. The Hall–Kier alpha value is -1.61. The minimum absolute atomic E-state index is 0.0532. The minimum atomic E-state index is -0.142. The summed E-state index contributed by atoms with van der Waals surface area (Å²) in [5.41, 5.74) is 1.02. The zero-order valence-electron chi connectivity index (χ0n) is 12.6. The average Bonchev–Trinajstić information content (AvgIpc) is 2.48. The standard InChI is InChI=1S/C18H22O3/c1-4-13-10-14(19)21-17-15(13)16(18(17,2)3)20-11-12-8-6-5-7-9-12/h4-9,13,15-17H,1,10-11H2,2-3H3/t13-,15-,16-,17-/m0/s1. The Kier molecular flexibility index (Phi) is 3.62. The van der Waals surface area contributed by atoms with Crippen molar-refractivity contribution in [2.24, 2.45) is 17.3 Å². The zero-order chi connectivity index (χ0) is 15.0. The predicted molar refractivity (Wildman–Crippen MR) is 80.5 cm³/mol. The number of fused-ring (bicyclic) bond motifs is 1. The number of allylic oxidation sites excluding steroid dienone is 1. The number of carbonyl (C=O) groups is 1. The van der Waals surface area contributed by atoms with Gasteiger partial charge in [-0.2, -0.15) is 0 Å². The number of ether oxygens (including phenoxy) is 2. The summed E-state index contributed by atoms with van der Waals surface area (Å²) in [4.78, 5) is 11.7. The molecule has 1 saturated heterocycles. The van der Waals surface area contributed by atoms with Crippen LogP contribution in [-0.2, 0) is 20.9 Å². The van der Waals surface area contributed by atoms with Crippen LogP contribution in [0.15, 0.2) is 43.0 Å². The van der Waals surface area contributed by atoms with Crippen molar-refractivity contribution in [2.75, 3.05) is 0 Å². The molecule has 3 rings (SSSR count). The number of rotatable bonds is 4. The van der Waals surface area contributed by atoms with Gasteiger partial charge in [-0.05, 0) is 11.5 Å². The van der Waals surface area contributed by atoms with Crippen LogP contribution in [0.2, 0.25) is 0 Å². The van der Waals surface area contributed by atoms with Crippen molar-refractivity contribution in [3.8, 4) is 0 Å². The number of esters is 1. The van der Waals surface area contributed by atoms with Gasteiger partial charge in [-0.3, -0.25) is 4.79 Å². The normalized spacial score (nSPS) is 33.5. The van der Waals surface area contributed by atoms with Crippen LogP contribution in [0.3, 0.4) is 0 Å². The number of carbonyl (C=O) groups excluding carboxylic acids is 1. The van der Waals surface area contributed by atoms with Gasteiger partial charge in [0.15, 0.2) is 0 Å². The Labute approximate surface area is 125 Å². The molecule has 1 aliphatic carbocycles. The van der Waals surface area contributed by atoms with Gasteiger partial charge in [0, 0.05) is 11.3 Å². The fourth-order valence-electron chi connectivity index (χ4n) is 3.72. The molecule has 2 fully saturated rings. The van der Waals surface area contributed by atoms with Gasteiger partial charge in [-0.25, -0.2) is 0 Å². The molecule has 0 spiro atoms. The smallest absolute Gasteiger partial charge is 0.306 e. The van der Waals surface area contributed by atoms with Gasteiger partial charge < -0.3 is 9.47 Å². The van der Waals surface area contributed by atoms with Crippen LogP contribution in [0.4, 0.5) is 0 Å². The first-order valence-corrected chi connectivity index (χ1v) is 7.51. The lowest BCUT2D eigenvalue weighted by Gasteiger charge is -2.60. The van der Waals surface area contributed by atoms with E-state index in [1.807, 2.05) is 24.3 Å². The fraction of sp³-hybridized carbons (Fsp3) is 0.500. The van der Waals surface area contributed by atoms with E-state index in [0.717, 1.165) is 0 Å². The highest BCUT2D eigenvalue weighted by atomic mass is 16.6. The van der Waals surface area contributed by atoms with Crippen LogP contribution in [-0.4, -0.2) is 18.2 Å². The summed E-state index contributed by atoms with van der Waals surface area (Å²) in [5, 5.41) is 0.